The fraction of sp³-hybridized carbons (Fsp3) is 0.857. The van der Waals surface area contributed by atoms with E-state index in [0.717, 1.165) is 41.1 Å². The van der Waals surface area contributed by atoms with Gasteiger partial charge in [-0.05, 0) is 0 Å². The van der Waals surface area contributed by atoms with Crippen LogP contribution in [0.1, 0.15) is 78.6 Å². The van der Waals surface area contributed by atoms with Crippen molar-refractivity contribution in [3.05, 3.63) is 9.66 Å². The summed E-state index contributed by atoms with van der Waals surface area (Å²) in [6.07, 6.45) is 15.4. The van der Waals surface area contributed by atoms with Crippen LogP contribution < -0.4 is 21.2 Å². The normalized spacial score (nSPS) is 48.5. The summed E-state index contributed by atoms with van der Waals surface area (Å²) in [6.45, 7) is 7.91. The molecule has 0 amide bonds. The molecule has 0 aromatic rings. The fourth-order valence-electron chi connectivity index (χ4n) is 9.26. The first-order valence-electron chi connectivity index (χ1n) is 13.2. The zero-order valence-corrected chi connectivity index (χ0v) is 27.4. The molecule has 4 fully saturated rings. The van der Waals surface area contributed by atoms with Crippen LogP contribution in [0.25, 0.3) is 0 Å². The van der Waals surface area contributed by atoms with Gasteiger partial charge >= 0.3 is 236 Å². The summed E-state index contributed by atoms with van der Waals surface area (Å²) in [5.41, 5.74) is 1.79. The zero-order chi connectivity index (χ0) is 23.4. The van der Waals surface area contributed by atoms with Crippen LogP contribution in [-0.4, -0.2) is 23.4 Å². The molecule has 1 heterocycles. The van der Waals surface area contributed by atoms with Gasteiger partial charge in [-0.2, -0.15) is 0 Å². The Morgan fingerprint density at radius 3 is 2.67 bits per heavy atom. The first-order chi connectivity index (χ1) is 15.7. The van der Waals surface area contributed by atoms with Gasteiger partial charge in [-0.25, -0.2) is 0 Å². The molecule has 4 saturated carbocycles. The summed E-state index contributed by atoms with van der Waals surface area (Å²) in [6, 6.07) is 2.32. The third kappa shape index (κ3) is 4.42. The van der Waals surface area contributed by atoms with E-state index in [1.165, 1.54) is 62.2 Å². The molecule has 0 spiro atoms. The van der Waals surface area contributed by atoms with E-state index >= 15 is 0 Å². The molecule has 2 nitrogen and oxygen atoms in total. The second-order valence-electron chi connectivity index (χ2n) is 12.5. The van der Waals surface area contributed by atoms with Crippen LogP contribution in [0.15, 0.2) is 12.9 Å². The number of rotatable bonds is 5. The summed E-state index contributed by atoms with van der Waals surface area (Å²) in [7, 11) is 0. The number of halogens is 3. The van der Waals surface area contributed by atoms with Crippen molar-refractivity contribution in [3.63, 3.8) is 0 Å². The third-order valence-corrected chi connectivity index (χ3v) is 20.9. The molecule has 0 aromatic carbocycles. The van der Waals surface area contributed by atoms with E-state index in [1.807, 2.05) is 6.21 Å². The Labute approximate surface area is 234 Å². The van der Waals surface area contributed by atoms with Crippen LogP contribution in [0.2, 0.25) is 0 Å². The van der Waals surface area contributed by atoms with E-state index in [-0.39, 0.29) is 0 Å². The Morgan fingerprint density at radius 2 is 1.94 bits per heavy atom. The summed E-state index contributed by atoms with van der Waals surface area (Å²) >= 11 is 1.84. The summed E-state index contributed by atoms with van der Waals surface area (Å²) in [5, 5.41) is 9.24. The van der Waals surface area contributed by atoms with Crippen molar-refractivity contribution in [2.24, 2.45) is 49.5 Å². The van der Waals surface area contributed by atoms with Crippen LogP contribution in [0, 0.1) is 57.7 Å². The summed E-state index contributed by atoms with van der Waals surface area (Å²) < 4.78 is 10.5. The van der Waals surface area contributed by atoms with E-state index in [0.29, 0.717) is 35.5 Å². The topological polar surface area (TPSA) is 36.1 Å². The molecular formula is C28H42I3N2-. The molecule has 0 aromatic heterocycles. The molecule has 5 rings (SSSR count). The number of alkyl halides is 4. The molecule has 1 aliphatic heterocycles. The number of nitriles is 1. The maximum atomic E-state index is 9.24. The van der Waals surface area contributed by atoms with E-state index in [2.05, 4.69) is 58.4 Å². The van der Waals surface area contributed by atoms with Gasteiger partial charge in [-0.1, -0.05) is 0 Å². The van der Waals surface area contributed by atoms with Gasteiger partial charge in [0.2, 0.25) is 0 Å². The van der Waals surface area contributed by atoms with Crippen LogP contribution in [0.3, 0.4) is 0 Å². The molecule has 5 heteroatoms. The number of hydrogen-bond donors (Lipinski definition) is 0. The SMILES string of the molecule is C[I-]C[C@@]1(I)CC[C@H]2[C@H](CC[C@@H]3[C@@H]2CC[C@@]2(C)[C@H]3CC[C@]2(C)[C@H](C)CI2C=C(C#N)C=N2)C1. The van der Waals surface area contributed by atoms with Gasteiger partial charge in [0.15, 0.2) is 0 Å². The quantitative estimate of drug-likeness (QED) is 0.283. The van der Waals surface area contributed by atoms with Crippen molar-refractivity contribution in [1.29, 1.82) is 5.26 Å². The van der Waals surface area contributed by atoms with Gasteiger partial charge in [0.1, 0.15) is 0 Å². The van der Waals surface area contributed by atoms with E-state index in [4.69, 9.17) is 3.21 Å². The first kappa shape index (κ1) is 25.7. The molecule has 0 saturated heterocycles. The molecule has 33 heavy (non-hydrogen) atoms. The molecule has 0 unspecified atom stereocenters. The second-order valence-corrected chi connectivity index (χ2v) is 21.2. The van der Waals surface area contributed by atoms with Gasteiger partial charge in [-0.15, -0.1) is 0 Å². The Bertz CT molecular complexity index is 864. The van der Waals surface area contributed by atoms with Crippen LogP contribution >= 0.6 is 42.7 Å². The molecule has 0 bridgehead atoms. The molecular weight excluding hydrogens is 745 g/mol. The fourth-order valence-corrected chi connectivity index (χ4v) is 18.8. The molecule has 4 aliphatic carbocycles. The van der Waals surface area contributed by atoms with Crippen molar-refractivity contribution in [3.8, 4) is 6.07 Å². The average Bonchev–Trinajstić information content (AvgIpc) is 3.35. The maximum absolute atomic E-state index is 9.24. The van der Waals surface area contributed by atoms with Gasteiger partial charge in [0.25, 0.3) is 0 Å². The third-order valence-electron chi connectivity index (χ3n) is 11.3. The number of hydrogen-bond acceptors (Lipinski definition) is 2. The number of nitrogens with zero attached hydrogens (tertiary/aromatic N) is 2. The van der Waals surface area contributed by atoms with Crippen molar-refractivity contribution in [1.82, 2.24) is 0 Å². The molecule has 0 radical (unpaired) electrons. The molecule has 9 atom stereocenters. The van der Waals surface area contributed by atoms with Crippen LogP contribution in [-0.2, 0) is 0 Å². The van der Waals surface area contributed by atoms with Crippen molar-refractivity contribution in [2.45, 2.75) is 82.0 Å². The Hall–Kier alpha value is 1.09. The van der Waals surface area contributed by atoms with Gasteiger partial charge in [0.05, 0.1) is 0 Å². The zero-order valence-electron chi connectivity index (χ0n) is 20.9. The Balaban J connectivity index is 1.30. The number of fused-ring (bicyclic) bond motifs is 5. The van der Waals surface area contributed by atoms with Gasteiger partial charge in [0, 0.05) is 0 Å². The van der Waals surface area contributed by atoms with Crippen LogP contribution in [0.4, 0.5) is 0 Å². The molecule has 0 N–H and O–H groups in total. The second kappa shape index (κ2) is 9.76. The predicted octanol–water partition coefficient (Wildman–Crippen LogP) is 5.09. The predicted molar refractivity (Wildman–Crippen MR) is 153 cm³/mol. The van der Waals surface area contributed by atoms with Crippen molar-refractivity contribution >= 4 is 48.9 Å². The minimum absolute atomic E-state index is 0.417. The summed E-state index contributed by atoms with van der Waals surface area (Å²) in [5.74, 6) is 5.81. The Kier molecular flexibility index (Phi) is 7.61. The van der Waals surface area contributed by atoms with E-state index < -0.39 is 20.1 Å². The van der Waals surface area contributed by atoms with Crippen molar-refractivity contribution < 1.29 is 21.2 Å². The monoisotopic (exact) mass is 787 g/mol. The number of allylic oxidation sites excluding steroid dienone is 1. The first-order valence-corrected chi connectivity index (χ1v) is 21.7. The Morgan fingerprint density at radius 1 is 1.15 bits per heavy atom. The molecule has 186 valence electrons. The van der Waals surface area contributed by atoms with Gasteiger partial charge in [-0.3, -0.25) is 0 Å². The van der Waals surface area contributed by atoms with E-state index in [1.54, 1.807) is 4.43 Å². The minimum atomic E-state index is -1.47. The van der Waals surface area contributed by atoms with Crippen molar-refractivity contribution in [2.75, 3.05) is 13.8 Å². The summed E-state index contributed by atoms with van der Waals surface area (Å²) in [4.78, 5) is 2.49. The average molecular weight is 787 g/mol. The van der Waals surface area contributed by atoms with Gasteiger partial charge < -0.3 is 0 Å². The molecule has 5 aliphatic rings. The van der Waals surface area contributed by atoms with Crippen LogP contribution in [0.5, 0.6) is 0 Å². The standard InChI is InChI=1S/C28H42I3N2/c1-19(14-31-15-20(16-32)17-33-31)26(2)11-9-25-24-6-5-21-13-28(29,18-30-4)12-8-22(21)23(24)7-10-27(25,26)3/h15,17,19,21-25H,5-14,18H2,1-4H3/q-1/t19-,21-,22+,23-,24-,25+,26-,27+,28-/m1/s1. The van der Waals surface area contributed by atoms with E-state index in [9.17, 15) is 5.26 Å².